The summed E-state index contributed by atoms with van der Waals surface area (Å²) in [6.45, 7) is 2.00. The van der Waals surface area contributed by atoms with Crippen molar-refractivity contribution in [2.24, 2.45) is 0 Å². The second-order valence-electron chi connectivity index (χ2n) is 7.36. The third-order valence-corrected chi connectivity index (χ3v) is 7.76. The van der Waals surface area contributed by atoms with Gasteiger partial charge in [0.2, 0.25) is 0 Å². The summed E-state index contributed by atoms with van der Waals surface area (Å²) in [5, 5.41) is 20.2. The number of carbonyl (C=O) groups excluding carboxylic acids is 1. The van der Waals surface area contributed by atoms with E-state index in [4.69, 9.17) is 22.1 Å². The van der Waals surface area contributed by atoms with E-state index in [0.29, 0.717) is 31.8 Å². The van der Waals surface area contributed by atoms with Crippen LogP contribution in [0, 0.1) is 11.3 Å². The fourth-order valence-corrected chi connectivity index (χ4v) is 6.21. The number of esters is 1. The molecule has 0 aliphatic heterocycles. The number of aromatic nitrogens is 3. The van der Waals surface area contributed by atoms with E-state index < -0.39 is 5.97 Å². The number of benzene rings is 1. The van der Waals surface area contributed by atoms with Crippen LogP contribution in [0.25, 0.3) is 11.4 Å². The Hall–Kier alpha value is -2.54. The first-order valence-electron chi connectivity index (χ1n) is 10.4. The molecule has 4 rings (SSSR count). The van der Waals surface area contributed by atoms with E-state index >= 15 is 0 Å². The van der Waals surface area contributed by atoms with Gasteiger partial charge in [0.05, 0.1) is 17.2 Å². The number of halogens is 1. The maximum absolute atomic E-state index is 12.4. The third kappa shape index (κ3) is 4.35. The van der Waals surface area contributed by atoms with Crippen molar-refractivity contribution >= 4 is 45.7 Å². The molecule has 0 atom stereocenters. The maximum atomic E-state index is 12.4. The van der Waals surface area contributed by atoms with Gasteiger partial charge < -0.3 is 10.5 Å². The van der Waals surface area contributed by atoms with Crippen LogP contribution in [0.3, 0.4) is 0 Å². The largest absolute Gasteiger partial charge is 0.462 e. The minimum Gasteiger partial charge on any atom is -0.462 e. The highest BCUT2D eigenvalue weighted by molar-refractivity contribution is 7.98. The van der Waals surface area contributed by atoms with Crippen LogP contribution in [-0.4, -0.2) is 27.3 Å². The number of nitrogen functional groups attached to an aromatic ring is 1. The molecule has 0 bridgehead atoms. The molecule has 32 heavy (non-hydrogen) atoms. The maximum Gasteiger partial charge on any atom is 0.348 e. The first kappa shape index (κ1) is 22.6. The highest BCUT2D eigenvalue weighted by atomic mass is 35.5. The molecule has 1 aliphatic carbocycles. The normalized spacial score (nSPS) is 13.9. The Balaban J connectivity index is 1.70. The zero-order chi connectivity index (χ0) is 22.7. The van der Waals surface area contributed by atoms with Gasteiger partial charge in [0.25, 0.3) is 0 Å². The predicted octanol–water partition coefficient (Wildman–Crippen LogP) is 5.70. The van der Waals surface area contributed by atoms with Crippen LogP contribution >= 0.6 is 34.7 Å². The van der Waals surface area contributed by atoms with E-state index in [9.17, 15) is 10.1 Å². The number of hydrogen-bond donors (Lipinski definition) is 1. The Bertz CT molecular complexity index is 1180. The predicted molar refractivity (Wildman–Crippen MR) is 127 cm³/mol. The Morgan fingerprint density at radius 1 is 1.38 bits per heavy atom. The summed E-state index contributed by atoms with van der Waals surface area (Å²) in [5.74, 6) is 0.634. The van der Waals surface area contributed by atoms with Crippen molar-refractivity contribution in [2.75, 3.05) is 12.3 Å². The summed E-state index contributed by atoms with van der Waals surface area (Å²) in [6.07, 6.45) is 4.40. The van der Waals surface area contributed by atoms with Gasteiger partial charge in [-0.15, -0.1) is 21.5 Å². The second-order valence-corrected chi connectivity index (χ2v) is 9.77. The number of thioether (sulfide) groups is 1. The summed E-state index contributed by atoms with van der Waals surface area (Å²) >= 11 is 8.99. The minimum absolute atomic E-state index is 0.252. The van der Waals surface area contributed by atoms with Crippen LogP contribution in [0.1, 0.15) is 59.4 Å². The van der Waals surface area contributed by atoms with Crippen molar-refractivity contribution in [3.63, 3.8) is 0 Å². The van der Waals surface area contributed by atoms with E-state index in [2.05, 4.69) is 20.8 Å². The zero-order valence-electron chi connectivity index (χ0n) is 17.5. The molecule has 0 saturated heterocycles. The molecule has 2 aromatic heterocycles. The zero-order valence-corrected chi connectivity index (χ0v) is 19.9. The molecule has 0 amide bonds. The average Bonchev–Trinajstić information content (AvgIpc) is 3.51. The highest BCUT2D eigenvalue weighted by Crippen LogP contribution is 2.40. The lowest BCUT2D eigenvalue weighted by Gasteiger charge is -2.17. The first-order chi connectivity index (χ1) is 15.5. The Morgan fingerprint density at radius 2 is 2.12 bits per heavy atom. The van der Waals surface area contributed by atoms with Crippen LogP contribution in [-0.2, 0) is 10.5 Å². The smallest absolute Gasteiger partial charge is 0.348 e. The van der Waals surface area contributed by atoms with Gasteiger partial charge in [-0.05, 0) is 31.9 Å². The Labute approximate surface area is 199 Å². The summed E-state index contributed by atoms with van der Waals surface area (Å²) in [5.41, 5.74) is 7.76. The molecular weight excluding hydrogens is 466 g/mol. The summed E-state index contributed by atoms with van der Waals surface area (Å²) in [7, 11) is 0. The molecule has 2 heterocycles. The van der Waals surface area contributed by atoms with Crippen molar-refractivity contribution < 1.29 is 9.53 Å². The number of anilines is 1. The highest BCUT2D eigenvalue weighted by Gasteiger charge is 2.28. The lowest BCUT2D eigenvalue weighted by molar-refractivity contribution is 0.0531. The van der Waals surface area contributed by atoms with Gasteiger partial charge >= 0.3 is 5.97 Å². The molecule has 0 unspecified atom stereocenters. The van der Waals surface area contributed by atoms with Crippen molar-refractivity contribution in [2.45, 2.75) is 49.6 Å². The molecule has 7 nitrogen and oxygen atoms in total. The van der Waals surface area contributed by atoms with Gasteiger partial charge in [-0.3, -0.25) is 4.57 Å². The van der Waals surface area contributed by atoms with Gasteiger partial charge in [-0.2, -0.15) is 5.26 Å². The number of nitriles is 1. The molecule has 0 spiro atoms. The molecule has 166 valence electrons. The molecule has 1 aromatic carbocycles. The fraction of sp³-hybridized carbons (Fsp3) is 0.364. The molecular formula is C22H22ClN5O2S2. The second kappa shape index (κ2) is 9.94. The number of carbonyl (C=O) groups is 1. The van der Waals surface area contributed by atoms with Gasteiger partial charge in [0, 0.05) is 22.9 Å². The van der Waals surface area contributed by atoms with Crippen molar-refractivity contribution in [1.29, 1.82) is 5.26 Å². The van der Waals surface area contributed by atoms with Gasteiger partial charge in [-0.25, -0.2) is 4.79 Å². The summed E-state index contributed by atoms with van der Waals surface area (Å²) in [6, 6.07) is 10.0. The standard InChI is InChI=1S/C22H22ClN5O2S2/c1-2-30-21(29)18-16(15(11-24)19(25)32-18)12-31-22-27-26-20(14-9-5-6-10-17(14)23)28(22)13-7-3-4-8-13/h5-6,9-10,13H,2-4,7-8,12,25H2,1H3. The molecule has 0 radical (unpaired) electrons. The minimum atomic E-state index is -0.463. The van der Waals surface area contributed by atoms with Crippen LogP contribution in [0.5, 0.6) is 0 Å². The van der Waals surface area contributed by atoms with Crippen LogP contribution in [0.15, 0.2) is 29.4 Å². The van der Waals surface area contributed by atoms with Crippen molar-refractivity contribution in [1.82, 2.24) is 14.8 Å². The molecule has 10 heteroatoms. The SMILES string of the molecule is CCOC(=O)c1sc(N)c(C#N)c1CSc1nnc(-c2ccccc2Cl)n1C1CCCC1. The molecule has 1 saturated carbocycles. The van der Waals surface area contributed by atoms with Crippen LogP contribution in [0.2, 0.25) is 5.02 Å². The monoisotopic (exact) mass is 487 g/mol. The number of rotatable bonds is 7. The molecule has 1 fully saturated rings. The summed E-state index contributed by atoms with van der Waals surface area (Å²) in [4.78, 5) is 12.8. The van der Waals surface area contributed by atoms with Crippen molar-refractivity contribution in [3.8, 4) is 17.5 Å². The number of thiophene rings is 1. The quantitative estimate of drug-likeness (QED) is 0.336. The number of ether oxygens (including phenoxy) is 1. The van der Waals surface area contributed by atoms with Crippen LogP contribution in [0.4, 0.5) is 5.00 Å². The summed E-state index contributed by atoms with van der Waals surface area (Å²) < 4.78 is 7.32. The van der Waals surface area contributed by atoms with E-state index in [0.717, 1.165) is 53.6 Å². The van der Waals surface area contributed by atoms with E-state index in [1.807, 2.05) is 24.3 Å². The topological polar surface area (TPSA) is 107 Å². The fourth-order valence-electron chi connectivity index (χ4n) is 3.94. The Kier molecular flexibility index (Phi) is 7.04. The average molecular weight is 488 g/mol. The van der Waals surface area contributed by atoms with Gasteiger partial charge in [0.1, 0.15) is 15.9 Å². The number of nitrogens with two attached hydrogens (primary N) is 1. The lowest BCUT2D eigenvalue weighted by Crippen LogP contribution is -2.09. The molecule has 1 aliphatic rings. The van der Waals surface area contributed by atoms with E-state index in [-0.39, 0.29) is 12.6 Å². The Morgan fingerprint density at radius 3 is 2.81 bits per heavy atom. The first-order valence-corrected chi connectivity index (χ1v) is 12.5. The van der Waals surface area contributed by atoms with Gasteiger partial charge in [0.15, 0.2) is 11.0 Å². The third-order valence-electron chi connectivity index (χ3n) is 5.42. The van der Waals surface area contributed by atoms with E-state index in [1.54, 1.807) is 6.92 Å². The van der Waals surface area contributed by atoms with E-state index in [1.165, 1.54) is 11.8 Å². The van der Waals surface area contributed by atoms with Crippen molar-refractivity contribution in [3.05, 3.63) is 45.3 Å². The lowest BCUT2D eigenvalue weighted by atomic mass is 10.2. The number of nitrogens with zero attached hydrogens (tertiary/aromatic N) is 4. The van der Waals surface area contributed by atoms with Gasteiger partial charge in [-0.1, -0.05) is 48.3 Å². The molecule has 2 N–H and O–H groups in total. The molecule has 3 aromatic rings. The van der Waals surface area contributed by atoms with Crippen LogP contribution < -0.4 is 5.73 Å². The number of hydrogen-bond acceptors (Lipinski definition) is 8.